The molecule has 0 unspecified atom stereocenters. The summed E-state index contributed by atoms with van der Waals surface area (Å²) in [6.45, 7) is 2.77. The number of anilines is 2. The maximum Gasteiger partial charge on any atom is 0.253 e. The molecule has 2 aliphatic heterocycles. The number of amides is 1. The van der Waals surface area contributed by atoms with Gasteiger partial charge >= 0.3 is 0 Å². The van der Waals surface area contributed by atoms with Gasteiger partial charge in [0.1, 0.15) is 5.82 Å². The van der Waals surface area contributed by atoms with E-state index in [1.807, 2.05) is 42.3 Å². The summed E-state index contributed by atoms with van der Waals surface area (Å²) >= 11 is 6.35. The molecule has 7 nitrogen and oxygen atoms in total. The highest BCUT2D eigenvalue weighted by molar-refractivity contribution is 6.31. The van der Waals surface area contributed by atoms with Crippen LogP contribution in [0.1, 0.15) is 27.0 Å². The van der Waals surface area contributed by atoms with E-state index in [9.17, 15) is 9.18 Å². The molecule has 2 aliphatic rings. The summed E-state index contributed by atoms with van der Waals surface area (Å²) in [5.74, 6) is 0.604. The quantitative estimate of drug-likeness (QED) is 0.346. The Morgan fingerprint density at radius 1 is 1.05 bits per heavy atom. The molecule has 1 amide bonds. The zero-order valence-electron chi connectivity index (χ0n) is 21.3. The van der Waals surface area contributed by atoms with E-state index in [-0.39, 0.29) is 11.7 Å². The van der Waals surface area contributed by atoms with Crippen molar-refractivity contribution in [3.8, 4) is 11.3 Å². The van der Waals surface area contributed by atoms with Gasteiger partial charge in [-0.25, -0.2) is 14.4 Å². The number of rotatable bonds is 6. The largest absolute Gasteiger partial charge is 0.338 e. The van der Waals surface area contributed by atoms with Crippen LogP contribution in [0.2, 0.25) is 5.02 Å². The zero-order valence-corrected chi connectivity index (χ0v) is 22.0. The van der Waals surface area contributed by atoms with Crippen LogP contribution in [-0.4, -0.2) is 53.2 Å². The molecule has 0 saturated carbocycles. The summed E-state index contributed by atoms with van der Waals surface area (Å²) < 4.78 is 14.8. The SMILES string of the molecule is CNCC1CN(C(=O)c2ccc(Nc3ncc4c(n3)-c3ccc(Cl)cc3C(c3ccccc3F)=NC4)cc2)C1. The van der Waals surface area contributed by atoms with Crippen LogP contribution in [0.4, 0.5) is 16.0 Å². The van der Waals surface area contributed by atoms with Gasteiger partial charge in [-0.2, -0.15) is 0 Å². The number of nitrogens with one attached hydrogen (secondary N) is 2. The van der Waals surface area contributed by atoms with Gasteiger partial charge in [0.15, 0.2) is 0 Å². The van der Waals surface area contributed by atoms with Crippen LogP contribution in [0, 0.1) is 11.7 Å². The molecule has 0 radical (unpaired) electrons. The lowest BCUT2D eigenvalue weighted by molar-refractivity contribution is 0.0504. The maximum absolute atomic E-state index is 14.8. The van der Waals surface area contributed by atoms with Gasteiger partial charge in [-0.1, -0.05) is 29.8 Å². The van der Waals surface area contributed by atoms with Crippen LogP contribution in [-0.2, 0) is 6.54 Å². The number of aromatic nitrogens is 2. The highest BCUT2D eigenvalue weighted by Crippen LogP contribution is 2.34. The number of carbonyl (C=O) groups is 1. The van der Waals surface area contributed by atoms with E-state index in [1.54, 1.807) is 36.5 Å². The monoisotopic (exact) mass is 540 g/mol. The fourth-order valence-electron chi connectivity index (χ4n) is 5.03. The number of benzene rings is 3. The van der Waals surface area contributed by atoms with E-state index in [4.69, 9.17) is 21.6 Å². The Bertz CT molecular complexity index is 1580. The zero-order chi connectivity index (χ0) is 26.9. The Balaban J connectivity index is 1.26. The van der Waals surface area contributed by atoms with Crippen LogP contribution < -0.4 is 10.6 Å². The van der Waals surface area contributed by atoms with Crippen molar-refractivity contribution in [3.63, 3.8) is 0 Å². The van der Waals surface area contributed by atoms with E-state index >= 15 is 0 Å². The smallest absolute Gasteiger partial charge is 0.253 e. The number of hydrogen-bond acceptors (Lipinski definition) is 6. The lowest BCUT2D eigenvalue weighted by Crippen LogP contribution is -2.52. The molecule has 2 N–H and O–H groups in total. The van der Waals surface area contributed by atoms with Gasteiger partial charge < -0.3 is 15.5 Å². The third-order valence-electron chi connectivity index (χ3n) is 7.02. The Morgan fingerprint density at radius 3 is 2.62 bits per heavy atom. The van der Waals surface area contributed by atoms with Crippen LogP contribution in [0.25, 0.3) is 11.3 Å². The van der Waals surface area contributed by atoms with Crippen LogP contribution in [0.15, 0.2) is 77.9 Å². The summed E-state index contributed by atoms with van der Waals surface area (Å²) in [5.41, 5.74) is 5.38. The molecule has 0 spiro atoms. The number of carbonyl (C=O) groups excluding carboxylic acids is 1. The number of halogens is 2. The topological polar surface area (TPSA) is 82.5 Å². The molecule has 1 saturated heterocycles. The van der Waals surface area contributed by atoms with Crippen molar-refractivity contribution >= 4 is 34.9 Å². The molecule has 3 aromatic carbocycles. The molecule has 4 aromatic rings. The first-order chi connectivity index (χ1) is 19.0. The van der Waals surface area contributed by atoms with Crippen molar-refractivity contribution in [2.45, 2.75) is 6.54 Å². The summed E-state index contributed by atoms with van der Waals surface area (Å²) in [7, 11) is 1.93. The number of fused-ring (bicyclic) bond motifs is 3. The summed E-state index contributed by atoms with van der Waals surface area (Å²) in [4.78, 5) is 28.7. The molecule has 9 heteroatoms. The van der Waals surface area contributed by atoms with Gasteiger partial charge in [0.05, 0.1) is 18.0 Å². The molecule has 0 aliphatic carbocycles. The Morgan fingerprint density at radius 2 is 1.85 bits per heavy atom. The van der Waals surface area contributed by atoms with Crippen molar-refractivity contribution in [3.05, 3.63) is 106 Å². The summed E-state index contributed by atoms with van der Waals surface area (Å²) in [5, 5.41) is 6.92. The van der Waals surface area contributed by atoms with Crippen LogP contribution >= 0.6 is 11.6 Å². The predicted molar refractivity (Wildman–Crippen MR) is 151 cm³/mol. The van der Waals surface area contributed by atoms with E-state index in [0.29, 0.717) is 51.5 Å². The van der Waals surface area contributed by atoms with E-state index in [1.165, 1.54) is 6.07 Å². The van der Waals surface area contributed by atoms with Crippen LogP contribution in [0.3, 0.4) is 0 Å². The van der Waals surface area contributed by atoms with Gasteiger partial charge in [0.2, 0.25) is 5.95 Å². The third-order valence-corrected chi connectivity index (χ3v) is 7.25. The molecule has 39 heavy (non-hydrogen) atoms. The van der Waals surface area contributed by atoms with Crippen LogP contribution in [0.5, 0.6) is 0 Å². The molecule has 3 heterocycles. The molecule has 0 atom stereocenters. The van der Waals surface area contributed by atoms with E-state index in [0.717, 1.165) is 36.4 Å². The average Bonchev–Trinajstić information content (AvgIpc) is 3.07. The predicted octanol–water partition coefficient (Wildman–Crippen LogP) is 5.32. The van der Waals surface area contributed by atoms with Gasteiger partial charge in [-0.15, -0.1) is 0 Å². The second-order valence-electron chi connectivity index (χ2n) is 9.74. The summed E-state index contributed by atoms with van der Waals surface area (Å²) in [6.07, 6.45) is 1.74. The fourth-order valence-corrected chi connectivity index (χ4v) is 5.20. The van der Waals surface area contributed by atoms with E-state index < -0.39 is 0 Å². The summed E-state index contributed by atoms with van der Waals surface area (Å²) in [6, 6.07) is 19.4. The molecule has 1 fully saturated rings. The van der Waals surface area contributed by atoms with E-state index in [2.05, 4.69) is 15.6 Å². The number of likely N-dealkylation sites (tertiary alicyclic amines) is 1. The number of hydrogen-bond donors (Lipinski definition) is 2. The molecular weight excluding hydrogens is 515 g/mol. The fraction of sp³-hybridized carbons (Fsp3) is 0.200. The molecule has 196 valence electrons. The minimum atomic E-state index is -0.351. The maximum atomic E-state index is 14.8. The normalized spacial score (nSPS) is 14.5. The Kier molecular flexibility index (Phi) is 6.81. The van der Waals surface area contributed by atoms with Crippen molar-refractivity contribution in [1.29, 1.82) is 0 Å². The lowest BCUT2D eigenvalue weighted by atomic mass is 9.95. The highest BCUT2D eigenvalue weighted by Gasteiger charge is 2.30. The standard InChI is InChI=1S/C30H26ClFN6O/c1-33-13-18-16-38(17-18)29(39)19-6-9-22(10-7-19)36-30-35-15-20-14-34-28(24-4-2-3-5-26(24)32)25-12-21(31)8-11-23(25)27(20)37-30/h2-12,15,18,33H,13-14,16-17H2,1H3,(H,35,36,37). The minimum Gasteiger partial charge on any atom is -0.338 e. The first kappa shape index (κ1) is 25.2. The Hall–Kier alpha value is -4.14. The third kappa shape index (κ3) is 5.01. The first-order valence-corrected chi connectivity index (χ1v) is 13.1. The van der Waals surface area contributed by atoms with Gasteiger partial charge in [-0.3, -0.25) is 9.79 Å². The second kappa shape index (κ2) is 10.6. The number of nitrogens with zero attached hydrogens (tertiary/aromatic N) is 4. The molecule has 6 rings (SSSR count). The van der Waals surface area contributed by atoms with Crippen molar-refractivity contribution in [1.82, 2.24) is 20.2 Å². The average molecular weight is 541 g/mol. The van der Waals surface area contributed by atoms with Gasteiger partial charge in [0, 0.05) is 70.3 Å². The molecular formula is C30H26ClFN6O. The van der Waals surface area contributed by atoms with Crippen molar-refractivity contribution in [2.75, 3.05) is 32.0 Å². The number of aliphatic imine (C=N–C) groups is 1. The molecule has 0 bridgehead atoms. The minimum absolute atomic E-state index is 0.0381. The van der Waals surface area contributed by atoms with Gasteiger partial charge in [-0.05, 0) is 55.6 Å². The van der Waals surface area contributed by atoms with Crippen molar-refractivity contribution in [2.24, 2.45) is 10.9 Å². The first-order valence-electron chi connectivity index (χ1n) is 12.8. The lowest BCUT2D eigenvalue weighted by Gasteiger charge is -2.39. The van der Waals surface area contributed by atoms with Crippen molar-refractivity contribution < 1.29 is 9.18 Å². The Labute approximate surface area is 230 Å². The van der Waals surface area contributed by atoms with Gasteiger partial charge in [0.25, 0.3) is 5.91 Å². The molecule has 1 aromatic heterocycles. The second-order valence-corrected chi connectivity index (χ2v) is 10.2. The highest BCUT2D eigenvalue weighted by atomic mass is 35.5.